The van der Waals surface area contributed by atoms with Gasteiger partial charge in [-0.05, 0) is 37.0 Å². The number of hydrogen-bond donors (Lipinski definition) is 0. The van der Waals surface area contributed by atoms with Crippen LogP contribution in [0.3, 0.4) is 0 Å². The lowest BCUT2D eigenvalue weighted by atomic mass is 10.2. The molecule has 24 heavy (non-hydrogen) atoms. The van der Waals surface area contributed by atoms with Crippen LogP contribution in [0.1, 0.15) is 24.6 Å². The molecule has 1 atom stereocenters. The smallest absolute Gasteiger partial charge is 0.177 e. The maximum absolute atomic E-state index is 5.93. The van der Waals surface area contributed by atoms with E-state index in [1.54, 1.807) is 10.8 Å². The van der Waals surface area contributed by atoms with E-state index < -0.39 is 0 Å². The zero-order chi connectivity index (χ0) is 15.9. The standard InChI is InChI=1S/C16H19N7O/c1-2-12(1)9-24-10-14-8-21(7-13-5-6-18-23(13)14)16-4-3-15-19-17-11-22(15)20-16/h3-6,11-12,14H,1-2,7-10H2. The topological polar surface area (TPSA) is 73.4 Å². The van der Waals surface area contributed by atoms with E-state index in [0.29, 0.717) is 6.61 Å². The predicted octanol–water partition coefficient (Wildman–Crippen LogP) is 1.31. The van der Waals surface area contributed by atoms with Crippen LogP contribution in [0.15, 0.2) is 30.7 Å². The second-order valence-electron chi connectivity index (χ2n) is 6.61. The van der Waals surface area contributed by atoms with Crippen molar-refractivity contribution in [3.8, 4) is 0 Å². The van der Waals surface area contributed by atoms with Crippen LogP contribution in [0.25, 0.3) is 5.65 Å². The van der Waals surface area contributed by atoms with E-state index in [9.17, 15) is 0 Å². The molecule has 1 aliphatic heterocycles. The van der Waals surface area contributed by atoms with Gasteiger partial charge >= 0.3 is 0 Å². The van der Waals surface area contributed by atoms with Crippen molar-refractivity contribution in [2.24, 2.45) is 5.92 Å². The van der Waals surface area contributed by atoms with Gasteiger partial charge < -0.3 is 9.64 Å². The Kier molecular flexibility index (Phi) is 3.22. The summed E-state index contributed by atoms with van der Waals surface area (Å²) in [5.41, 5.74) is 1.94. The Morgan fingerprint density at radius 1 is 1.17 bits per heavy atom. The second kappa shape index (κ2) is 5.55. The van der Waals surface area contributed by atoms with Crippen molar-refractivity contribution < 1.29 is 4.74 Å². The highest BCUT2D eigenvalue weighted by Gasteiger charge is 2.28. The summed E-state index contributed by atoms with van der Waals surface area (Å²) in [4.78, 5) is 2.27. The van der Waals surface area contributed by atoms with Gasteiger partial charge in [0.25, 0.3) is 0 Å². The quantitative estimate of drug-likeness (QED) is 0.704. The van der Waals surface area contributed by atoms with Gasteiger partial charge in [-0.15, -0.1) is 15.3 Å². The van der Waals surface area contributed by atoms with E-state index in [1.165, 1.54) is 18.5 Å². The van der Waals surface area contributed by atoms with E-state index in [0.717, 1.165) is 37.1 Å². The number of nitrogens with zero attached hydrogens (tertiary/aromatic N) is 7. The van der Waals surface area contributed by atoms with Crippen LogP contribution < -0.4 is 4.90 Å². The van der Waals surface area contributed by atoms with Crippen LogP contribution in [-0.4, -0.2) is 49.4 Å². The maximum atomic E-state index is 5.93. The monoisotopic (exact) mass is 325 g/mol. The Bertz CT molecular complexity index is 853. The first-order valence-electron chi connectivity index (χ1n) is 8.39. The molecule has 8 heteroatoms. The lowest BCUT2D eigenvalue weighted by molar-refractivity contribution is 0.0880. The maximum Gasteiger partial charge on any atom is 0.177 e. The van der Waals surface area contributed by atoms with E-state index in [4.69, 9.17) is 4.74 Å². The van der Waals surface area contributed by atoms with Crippen LogP contribution in [0.4, 0.5) is 5.82 Å². The predicted molar refractivity (Wildman–Crippen MR) is 86.6 cm³/mol. The lowest BCUT2D eigenvalue weighted by Crippen LogP contribution is -2.40. The highest BCUT2D eigenvalue weighted by Crippen LogP contribution is 2.30. The van der Waals surface area contributed by atoms with Gasteiger partial charge in [0.05, 0.1) is 24.9 Å². The summed E-state index contributed by atoms with van der Waals surface area (Å²) < 4.78 is 9.74. The second-order valence-corrected chi connectivity index (χ2v) is 6.61. The minimum atomic E-state index is 0.209. The average Bonchev–Trinajstić information content (AvgIpc) is 3.11. The molecule has 0 saturated heterocycles. The van der Waals surface area contributed by atoms with E-state index in [2.05, 4.69) is 36.0 Å². The van der Waals surface area contributed by atoms with E-state index in [1.807, 2.05) is 18.3 Å². The Morgan fingerprint density at radius 3 is 3.04 bits per heavy atom. The zero-order valence-corrected chi connectivity index (χ0v) is 13.3. The lowest BCUT2D eigenvalue weighted by Gasteiger charge is -2.34. The molecule has 0 N–H and O–H groups in total. The first-order chi connectivity index (χ1) is 11.9. The number of anilines is 1. The highest BCUT2D eigenvalue weighted by atomic mass is 16.5. The fourth-order valence-electron chi connectivity index (χ4n) is 3.23. The Balaban J connectivity index is 1.38. The summed E-state index contributed by atoms with van der Waals surface area (Å²) in [6.45, 7) is 3.19. The zero-order valence-electron chi connectivity index (χ0n) is 13.3. The summed E-state index contributed by atoms with van der Waals surface area (Å²) in [6.07, 6.45) is 6.12. The van der Waals surface area contributed by atoms with Crippen molar-refractivity contribution in [1.29, 1.82) is 0 Å². The SMILES string of the molecule is c1cc2n(n1)C(COCC1CC1)CN(c1ccc3nncn3n1)C2. The number of aromatic nitrogens is 6. The first-order valence-corrected chi connectivity index (χ1v) is 8.39. The van der Waals surface area contributed by atoms with Crippen molar-refractivity contribution in [3.05, 3.63) is 36.4 Å². The molecule has 1 aliphatic carbocycles. The molecule has 3 aromatic rings. The van der Waals surface area contributed by atoms with Crippen molar-refractivity contribution in [1.82, 2.24) is 29.6 Å². The van der Waals surface area contributed by atoms with Crippen molar-refractivity contribution in [2.45, 2.75) is 25.4 Å². The molecule has 0 aromatic carbocycles. The third kappa shape index (κ3) is 2.52. The van der Waals surface area contributed by atoms with Crippen LogP contribution in [0.5, 0.6) is 0 Å². The number of fused-ring (bicyclic) bond motifs is 2. The molecule has 2 aliphatic rings. The van der Waals surface area contributed by atoms with Gasteiger partial charge in [0.2, 0.25) is 0 Å². The summed E-state index contributed by atoms with van der Waals surface area (Å²) in [5.74, 6) is 1.70. The van der Waals surface area contributed by atoms with Crippen molar-refractivity contribution in [2.75, 3.05) is 24.7 Å². The molecular formula is C16H19N7O. The van der Waals surface area contributed by atoms with Gasteiger partial charge in [-0.25, -0.2) is 0 Å². The molecular weight excluding hydrogens is 306 g/mol. The molecule has 0 spiro atoms. The van der Waals surface area contributed by atoms with Gasteiger partial charge in [0.15, 0.2) is 5.65 Å². The van der Waals surface area contributed by atoms with E-state index >= 15 is 0 Å². The molecule has 4 heterocycles. The minimum absolute atomic E-state index is 0.209. The van der Waals surface area contributed by atoms with Gasteiger partial charge in [0.1, 0.15) is 12.1 Å². The fraction of sp³-hybridized carbons (Fsp3) is 0.500. The van der Waals surface area contributed by atoms with Gasteiger partial charge in [-0.1, -0.05) is 0 Å². The number of rotatable bonds is 5. The Morgan fingerprint density at radius 2 is 2.12 bits per heavy atom. The molecule has 1 unspecified atom stereocenters. The minimum Gasteiger partial charge on any atom is -0.379 e. The van der Waals surface area contributed by atoms with Crippen molar-refractivity contribution >= 4 is 11.5 Å². The van der Waals surface area contributed by atoms with Crippen LogP contribution in [0, 0.1) is 5.92 Å². The van der Waals surface area contributed by atoms with Crippen LogP contribution in [0.2, 0.25) is 0 Å². The normalized spacial score (nSPS) is 20.5. The molecule has 5 rings (SSSR count). The number of ether oxygens (including phenoxy) is 1. The molecule has 1 saturated carbocycles. The average molecular weight is 325 g/mol. The van der Waals surface area contributed by atoms with Gasteiger partial charge in [-0.2, -0.15) is 9.61 Å². The summed E-state index contributed by atoms with van der Waals surface area (Å²) in [6, 6.07) is 6.22. The Hall–Kier alpha value is -2.48. The largest absolute Gasteiger partial charge is 0.379 e. The van der Waals surface area contributed by atoms with Crippen LogP contribution >= 0.6 is 0 Å². The first kappa shape index (κ1) is 13.9. The van der Waals surface area contributed by atoms with Crippen molar-refractivity contribution in [3.63, 3.8) is 0 Å². The molecule has 0 amide bonds. The van der Waals surface area contributed by atoms with E-state index in [-0.39, 0.29) is 6.04 Å². The van der Waals surface area contributed by atoms with Gasteiger partial charge in [0, 0.05) is 19.3 Å². The third-order valence-electron chi connectivity index (χ3n) is 4.71. The summed E-state index contributed by atoms with van der Waals surface area (Å²) in [7, 11) is 0. The Labute approximate surface area is 139 Å². The summed E-state index contributed by atoms with van der Waals surface area (Å²) in [5, 5.41) is 17.0. The molecule has 0 bridgehead atoms. The highest BCUT2D eigenvalue weighted by molar-refractivity contribution is 5.45. The molecule has 1 fully saturated rings. The molecule has 124 valence electrons. The third-order valence-corrected chi connectivity index (χ3v) is 4.71. The molecule has 0 radical (unpaired) electrons. The molecule has 8 nitrogen and oxygen atoms in total. The molecule has 3 aromatic heterocycles. The number of hydrogen-bond acceptors (Lipinski definition) is 6. The summed E-state index contributed by atoms with van der Waals surface area (Å²) >= 11 is 0. The fourth-order valence-corrected chi connectivity index (χ4v) is 3.23. The van der Waals surface area contributed by atoms with Crippen LogP contribution in [-0.2, 0) is 11.3 Å². The van der Waals surface area contributed by atoms with Gasteiger partial charge in [-0.3, -0.25) is 4.68 Å².